The highest BCUT2D eigenvalue weighted by Crippen LogP contribution is 2.46. The Morgan fingerprint density at radius 2 is 2.04 bits per heavy atom. The van der Waals surface area contributed by atoms with Gasteiger partial charge >= 0.3 is 0 Å². The number of aromatic nitrogens is 1. The lowest BCUT2D eigenvalue weighted by Crippen LogP contribution is -2.30. The number of carbonyl (C=O) groups is 1. The third-order valence-corrected chi connectivity index (χ3v) is 6.69. The molecule has 4 rings (SSSR count). The van der Waals surface area contributed by atoms with E-state index in [1.807, 2.05) is 13.8 Å². The number of thiophene rings is 1. The Hall–Kier alpha value is -2.40. The number of nitrogens with zero attached hydrogens (tertiary/aromatic N) is 1. The Labute approximate surface area is 169 Å². The number of aryl methyl sites for hydroxylation is 3. The zero-order chi connectivity index (χ0) is 19.8. The van der Waals surface area contributed by atoms with E-state index in [-0.39, 0.29) is 0 Å². The minimum atomic E-state index is -1.01. The smallest absolute Gasteiger partial charge is 0.126 e. The van der Waals surface area contributed by atoms with Crippen LogP contribution >= 0.6 is 11.3 Å². The largest absolute Gasteiger partial charge is 0.549 e. The van der Waals surface area contributed by atoms with Gasteiger partial charge in [-0.2, -0.15) is 0 Å². The molecule has 5 heteroatoms. The van der Waals surface area contributed by atoms with Crippen LogP contribution in [0.2, 0.25) is 0 Å². The lowest BCUT2D eigenvalue weighted by molar-refractivity contribution is -0.308. The summed E-state index contributed by atoms with van der Waals surface area (Å²) in [5, 5.41) is 17.9. The van der Waals surface area contributed by atoms with Crippen molar-refractivity contribution in [1.29, 1.82) is 0 Å². The van der Waals surface area contributed by atoms with Crippen LogP contribution in [0.25, 0.3) is 21.3 Å². The molecule has 4 nitrogen and oxygen atoms in total. The van der Waals surface area contributed by atoms with Crippen molar-refractivity contribution in [2.45, 2.75) is 52.4 Å². The van der Waals surface area contributed by atoms with Crippen molar-refractivity contribution in [2.75, 3.05) is 11.9 Å². The average molecular weight is 394 g/mol. The number of fused-ring (bicyclic) bond motifs is 3. The van der Waals surface area contributed by atoms with Crippen LogP contribution in [0.5, 0.6) is 0 Å². The van der Waals surface area contributed by atoms with E-state index in [1.165, 1.54) is 16.1 Å². The first kappa shape index (κ1) is 18.9. The normalized spacial score (nSPS) is 14.5. The molecular formula is C23H25N2O2S-. The summed E-state index contributed by atoms with van der Waals surface area (Å²) in [5.74, 6) is -1.66. The Morgan fingerprint density at radius 1 is 1.29 bits per heavy atom. The zero-order valence-electron chi connectivity index (χ0n) is 16.6. The molecule has 3 aromatic rings. The van der Waals surface area contributed by atoms with Gasteiger partial charge in [0.05, 0.1) is 5.00 Å². The Balaban J connectivity index is 2.09. The highest BCUT2D eigenvalue weighted by Gasteiger charge is 2.27. The fourth-order valence-corrected chi connectivity index (χ4v) is 5.48. The summed E-state index contributed by atoms with van der Waals surface area (Å²) in [6.45, 7) is 6.99. The molecule has 0 spiro atoms. The number of aliphatic carboxylic acids is 1. The van der Waals surface area contributed by atoms with E-state index >= 15 is 0 Å². The van der Waals surface area contributed by atoms with Gasteiger partial charge in [-0.1, -0.05) is 54.5 Å². The van der Waals surface area contributed by atoms with Crippen molar-refractivity contribution < 1.29 is 9.90 Å². The maximum Gasteiger partial charge on any atom is 0.126 e. The van der Waals surface area contributed by atoms with Crippen LogP contribution in [-0.4, -0.2) is 17.5 Å². The van der Waals surface area contributed by atoms with Gasteiger partial charge in [-0.25, -0.2) is 4.98 Å². The molecule has 0 aliphatic carbocycles. The first-order valence-electron chi connectivity index (χ1n) is 9.98. The molecule has 0 radical (unpaired) electrons. The predicted octanol–water partition coefficient (Wildman–Crippen LogP) is 4.57. The van der Waals surface area contributed by atoms with Gasteiger partial charge in [0.1, 0.15) is 4.83 Å². The Morgan fingerprint density at radius 3 is 2.71 bits per heavy atom. The summed E-state index contributed by atoms with van der Waals surface area (Å²) in [7, 11) is 0. The molecule has 0 saturated carbocycles. The Kier molecular flexibility index (Phi) is 5.11. The van der Waals surface area contributed by atoms with Crippen LogP contribution in [0, 0.1) is 13.8 Å². The van der Waals surface area contributed by atoms with E-state index in [9.17, 15) is 9.90 Å². The molecule has 1 aliphatic heterocycles. The molecular weight excluding hydrogens is 368 g/mol. The Bertz CT molecular complexity index is 1040. The third kappa shape index (κ3) is 3.18. The van der Waals surface area contributed by atoms with E-state index in [1.54, 1.807) is 11.3 Å². The van der Waals surface area contributed by atoms with Crippen molar-refractivity contribution in [2.24, 2.45) is 0 Å². The number of rotatable bonds is 5. The van der Waals surface area contributed by atoms with Gasteiger partial charge in [0.25, 0.3) is 0 Å². The second-order valence-electron chi connectivity index (χ2n) is 7.63. The van der Waals surface area contributed by atoms with E-state index in [0.29, 0.717) is 6.42 Å². The number of carboxylic acids is 1. The molecule has 2 aromatic heterocycles. The molecule has 1 aliphatic rings. The van der Waals surface area contributed by atoms with E-state index in [4.69, 9.17) is 4.98 Å². The van der Waals surface area contributed by atoms with Gasteiger partial charge in [0.15, 0.2) is 0 Å². The third-order valence-electron chi connectivity index (χ3n) is 5.61. The van der Waals surface area contributed by atoms with Crippen LogP contribution in [0.1, 0.15) is 54.5 Å². The van der Waals surface area contributed by atoms with Crippen molar-refractivity contribution >= 4 is 32.5 Å². The SMILES string of the molecule is CCCC(C(=O)[O-])c1c(C)nc2sc3c(c2c1-c1ccc(C)cc1)CCCN3. The van der Waals surface area contributed by atoms with Gasteiger partial charge < -0.3 is 15.2 Å². The molecule has 1 N–H and O–H groups in total. The number of hydrogen-bond donors (Lipinski definition) is 1. The molecule has 0 amide bonds. The fourth-order valence-electron chi connectivity index (χ4n) is 4.28. The monoisotopic (exact) mass is 393 g/mol. The second kappa shape index (κ2) is 7.55. The molecule has 1 unspecified atom stereocenters. The molecule has 146 valence electrons. The van der Waals surface area contributed by atoms with Gasteiger partial charge in [0.2, 0.25) is 0 Å². The predicted molar refractivity (Wildman–Crippen MR) is 114 cm³/mol. The van der Waals surface area contributed by atoms with Crippen molar-refractivity contribution in [3.63, 3.8) is 0 Å². The average Bonchev–Trinajstić information content (AvgIpc) is 3.04. The molecule has 1 aromatic carbocycles. The lowest BCUT2D eigenvalue weighted by atomic mass is 9.84. The maximum atomic E-state index is 12.1. The fraction of sp³-hybridized carbons (Fsp3) is 0.391. The number of pyridine rings is 1. The standard InChI is InChI=1S/C23H26N2O2S/c1-4-6-17(23(26)27)18-14(3)25-22-20(16-7-5-12-24-21(16)28-22)19(18)15-10-8-13(2)9-11-15/h8-11,17,24H,4-7,12H2,1-3H3,(H,26,27)/p-1. The quantitative estimate of drug-likeness (QED) is 0.689. The summed E-state index contributed by atoms with van der Waals surface area (Å²) in [4.78, 5) is 17.9. The number of nitrogens with one attached hydrogen (secondary N) is 1. The van der Waals surface area contributed by atoms with Gasteiger partial charge in [0, 0.05) is 29.5 Å². The highest BCUT2D eigenvalue weighted by atomic mass is 32.1. The minimum Gasteiger partial charge on any atom is -0.549 e. The molecule has 3 heterocycles. The first-order valence-corrected chi connectivity index (χ1v) is 10.8. The summed E-state index contributed by atoms with van der Waals surface area (Å²) in [6, 6.07) is 8.38. The second-order valence-corrected chi connectivity index (χ2v) is 8.63. The van der Waals surface area contributed by atoms with Crippen molar-refractivity contribution in [1.82, 2.24) is 4.98 Å². The van der Waals surface area contributed by atoms with Crippen LogP contribution in [0.4, 0.5) is 5.00 Å². The molecule has 0 bridgehead atoms. The number of hydrogen-bond acceptors (Lipinski definition) is 5. The van der Waals surface area contributed by atoms with E-state index in [2.05, 4.69) is 36.5 Å². The van der Waals surface area contributed by atoms with Gasteiger partial charge in [-0.3, -0.25) is 0 Å². The zero-order valence-corrected chi connectivity index (χ0v) is 17.4. The number of benzene rings is 1. The van der Waals surface area contributed by atoms with Crippen LogP contribution < -0.4 is 10.4 Å². The molecule has 0 saturated heterocycles. The van der Waals surface area contributed by atoms with E-state index < -0.39 is 11.9 Å². The summed E-state index contributed by atoms with van der Waals surface area (Å²) >= 11 is 1.68. The van der Waals surface area contributed by atoms with E-state index in [0.717, 1.165) is 58.4 Å². The topological polar surface area (TPSA) is 65.0 Å². The lowest BCUT2D eigenvalue weighted by Gasteiger charge is -2.24. The summed E-state index contributed by atoms with van der Waals surface area (Å²) < 4.78 is 0. The van der Waals surface area contributed by atoms with Crippen LogP contribution in [-0.2, 0) is 11.2 Å². The van der Waals surface area contributed by atoms with Crippen LogP contribution in [0.3, 0.4) is 0 Å². The number of carbonyl (C=O) groups excluding carboxylic acids is 1. The molecule has 28 heavy (non-hydrogen) atoms. The highest BCUT2D eigenvalue weighted by molar-refractivity contribution is 7.22. The van der Waals surface area contributed by atoms with Crippen LogP contribution in [0.15, 0.2) is 24.3 Å². The van der Waals surface area contributed by atoms with Gasteiger partial charge in [-0.05, 0) is 55.4 Å². The summed E-state index contributed by atoms with van der Waals surface area (Å²) in [5.41, 5.74) is 6.18. The van der Waals surface area contributed by atoms with Gasteiger partial charge in [-0.15, -0.1) is 0 Å². The van der Waals surface area contributed by atoms with Crippen molar-refractivity contribution in [3.05, 3.63) is 46.6 Å². The minimum absolute atomic E-state index is 0.555. The number of anilines is 1. The number of carboxylic acid groups (broad SMARTS) is 1. The summed E-state index contributed by atoms with van der Waals surface area (Å²) in [6.07, 6.45) is 3.41. The maximum absolute atomic E-state index is 12.1. The molecule has 0 fully saturated rings. The first-order chi connectivity index (χ1) is 13.5. The van der Waals surface area contributed by atoms with Crippen molar-refractivity contribution in [3.8, 4) is 11.1 Å². The molecule has 1 atom stereocenters.